The molecule has 1 aliphatic heterocycles. The lowest BCUT2D eigenvalue weighted by atomic mass is 10.2. The Balaban J connectivity index is 0.00000480. The van der Waals surface area contributed by atoms with Gasteiger partial charge in [-0.15, -0.1) is 24.0 Å². The molecule has 178 valence electrons. The van der Waals surface area contributed by atoms with Crippen LogP contribution in [-0.4, -0.2) is 89.9 Å². The van der Waals surface area contributed by atoms with Crippen molar-refractivity contribution in [3.8, 4) is 0 Å². The molecule has 2 heterocycles. The van der Waals surface area contributed by atoms with Gasteiger partial charge in [0.25, 0.3) is 0 Å². The number of hydrogen-bond donors (Lipinski definition) is 1. The molecule has 1 N–H and O–H groups in total. The molecule has 0 spiro atoms. The van der Waals surface area contributed by atoms with E-state index in [-0.39, 0.29) is 36.1 Å². The van der Waals surface area contributed by atoms with Gasteiger partial charge in [0.1, 0.15) is 11.9 Å². The van der Waals surface area contributed by atoms with E-state index in [9.17, 15) is 4.79 Å². The summed E-state index contributed by atoms with van der Waals surface area (Å²) in [6.07, 6.45) is 2.17. The van der Waals surface area contributed by atoms with Crippen molar-refractivity contribution < 1.29 is 14.1 Å². The Morgan fingerprint density at radius 3 is 2.52 bits per heavy atom. The average Bonchev–Trinajstić information content (AvgIpc) is 3.17. The van der Waals surface area contributed by atoms with Crippen molar-refractivity contribution in [1.82, 2.24) is 25.2 Å². The second-order valence-electron chi connectivity index (χ2n) is 8.85. The minimum atomic E-state index is -0.486. The van der Waals surface area contributed by atoms with Gasteiger partial charge in [-0.2, -0.15) is 0 Å². The van der Waals surface area contributed by atoms with Crippen molar-refractivity contribution in [3.63, 3.8) is 0 Å². The first kappa shape index (κ1) is 27.5. The molecule has 9 nitrogen and oxygen atoms in total. The molecule has 0 saturated carbocycles. The van der Waals surface area contributed by atoms with E-state index in [0.29, 0.717) is 6.54 Å². The second kappa shape index (κ2) is 13.1. The van der Waals surface area contributed by atoms with Crippen molar-refractivity contribution in [2.24, 2.45) is 4.99 Å². The van der Waals surface area contributed by atoms with Gasteiger partial charge in [-0.05, 0) is 41.0 Å². The fourth-order valence-electron chi connectivity index (χ4n) is 3.33. The standard InChI is InChI=1S/C21H38N6O3.HI/c1-17(2)27(20(28)30-21(3,4)5)10-7-9-23-19(22-6)26-13-11-25(12-14-26)16-18-8-15-29-24-18;/h8,15,17H,7,9-14,16H2,1-6H3,(H,22,23);1H. The first-order valence-corrected chi connectivity index (χ1v) is 10.8. The maximum atomic E-state index is 12.4. The fraction of sp³-hybridized carbons (Fsp3) is 0.762. The molecule has 1 saturated heterocycles. The summed E-state index contributed by atoms with van der Waals surface area (Å²) < 4.78 is 10.4. The number of hydrogen-bond acceptors (Lipinski definition) is 6. The lowest BCUT2D eigenvalue weighted by molar-refractivity contribution is 0.0189. The topological polar surface area (TPSA) is 86.4 Å². The van der Waals surface area contributed by atoms with Crippen LogP contribution in [0.25, 0.3) is 0 Å². The predicted octanol–water partition coefficient (Wildman–Crippen LogP) is 3.02. The van der Waals surface area contributed by atoms with E-state index >= 15 is 0 Å². The van der Waals surface area contributed by atoms with Crippen LogP contribution >= 0.6 is 24.0 Å². The second-order valence-corrected chi connectivity index (χ2v) is 8.85. The van der Waals surface area contributed by atoms with E-state index in [4.69, 9.17) is 9.26 Å². The molecule has 0 radical (unpaired) electrons. The van der Waals surface area contributed by atoms with Gasteiger partial charge < -0.3 is 24.4 Å². The number of ether oxygens (including phenoxy) is 1. The monoisotopic (exact) mass is 550 g/mol. The molecule has 1 fully saturated rings. The molecule has 1 aliphatic rings. The molecule has 1 amide bonds. The van der Waals surface area contributed by atoms with E-state index in [1.54, 1.807) is 11.2 Å². The number of halogens is 1. The Hall–Kier alpha value is -1.56. The number of carbonyl (C=O) groups excluding carboxylic acids is 1. The van der Waals surface area contributed by atoms with Crippen LogP contribution in [0.2, 0.25) is 0 Å². The number of amides is 1. The van der Waals surface area contributed by atoms with Crippen LogP contribution in [0, 0.1) is 0 Å². The average molecular weight is 550 g/mol. The highest BCUT2D eigenvalue weighted by Gasteiger charge is 2.24. The summed E-state index contributed by atoms with van der Waals surface area (Å²) in [4.78, 5) is 23.3. The number of aromatic nitrogens is 1. The molecule has 0 aliphatic carbocycles. The summed E-state index contributed by atoms with van der Waals surface area (Å²) in [5.41, 5.74) is 0.478. The molecule has 1 aromatic heterocycles. The highest BCUT2D eigenvalue weighted by molar-refractivity contribution is 14.0. The minimum Gasteiger partial charge on any atom is -0.444 e. The van der Waals surface area contributed by atoms with Crippen LogP contribution in [0.5, 0.6) is 0 Å². The molecule has 31 heavy (non-hydrogen) atoms. The van der Waals surface area contributed by atoms with Gasteiger partial charge in [0, 0.05) is 65.0 Å². The van der Waals surface area contributed by atoms with Crippen LogP contribution in [0.4, 0.5) is 4.79 Å². The van der Waals surface area contributed by atoms with Crippen molar-refractivity contribution >= 4 is 36.0 Å². The molecule has 0 aromatic carbocycles. The summed E-state index contributed by atoms with van der Waals surface area (Å²) in [5.74, 6) is 0.907. The normalized spacial score (nSPS) is 15.6. The summed E-state index contributed by atoms with van der Waals surface area (Å²) in [6, 6.07) is 2.00. The third kappa shape index (κ3) is 9.63. The summed E-state index contributed by atoms with van der Waals surface area (Å²) in [7, 11) is 1.81. The van der Waals surface area contributed by atoms with Gasteiger partial charge in [-0.1, -0.05) is 5.16 Å². The molecular weight excluding hydrogens is 511 g/mol. The maximum Gasteiger partial charge on any atom is 0.410 e. The Labute approximate surface area is 203 Å². The third-order valence-electron chi connectivity index (χ3n) is 4.87. The molecule has 2 rings (SSSR count). The lowest BCUT2D eigenvalue weighted by Crippen LogP contribution is -2.52. The van der Waals surface area contributed by atoms with Gasteiger partial charge in [-0.25, -0.2) is 4.79 Å². The minimum absolute atomic E-state index is 0. The number of carbonyl (C=O) groups is 1. The number of piperazine rings is 1. The zero-order valence-electron chi connectivity index (χ0n) is 19.8. The third-order valence-corrected chi connectivity index (χ3v) is 4.87. The van der Waals surface area contributed by atoms with Crippen LogP contribution in [0.15, 0.2) is 21.8 Å². The summed E-state index contributed by atoms with van der Waals surface area (Å²) >= 11 is 0. The maximum absolute atomic E-state index is 12.4. The Bertz CT molecular complexity index is 667. The quantitative estimate of drug-likeness (QED) is 0.242. The molecule has 0 bridgehead atoms. The fourth-order valence-corrected chi connectivity index (χ4v) is 3.33. The predicted molar refractivity (Wildman–Crippen MR) is 133 cm³/mol. The molecule has 0 unspecified atom stereocenters. The zero-order valence-corrected chi connectivity index (χ0v) is 22.1. The van der Waals surface area contributed by atoms with Crippen molar-refractivity contribution in [2.45, 2.75) is 59.2 Å². The van der Waals surface area contributed by atoms with Crippen molar-refractivity contribution in [1.29, 1.82) is 0 Å². The summed E-state index contributed by atoms with van der Waals surface area (Å²) in [5, 5.41) is 7.42. The number of aliphatic imine (C=N–C) groups is 1. The van der Waals surface area contributed by atoms with Gasteiger partial charge >= 0.3 is 6.09 Å². The van der Waals surface area contributed by atoms with Gasteiger partial charge in [0.15, 0.2) is 5.96 Å². The number of nitrogens with zero attached hydrogens (tertiary/aromatic N) is 5. The van der Waals surface area contributed by atoms with Gasteiger partial charge in [-0.3, -0.25) is 9.89 Å². The Morgan fingerprint density at radius 1 is 1.32 bits per heavy atom. The summed E-state index contributed by atoms with van der Waals surface area (Å²) in [6.45, 7) is 15.6. The van der Waals surface area contributed by atoms with E-state index < -0.39 is 5.60 Å². The number of rotatable bonds is 7. The number of guanidine groups is 1. The first-order valence-electron chi connectivity index (χ1n) is 10.8. The van der Waals surface area contributed by atoms with Crippen LogP contribution in [0.3, 0.4) is 0 Å². The Morgan fingerprint density at radius 2 is 2.00 bits per heavy atom. The van der Waals surface area contributed by atoms with Crippen LogP contribution < -0.4 is 5.32 Å². The smallest absolute Gasteiger partial charge is 0.410 e. The molecule has 1 aromatic rings. The molecular formula is C21H39IN6O3. The van der Waals surface area contributed by atoms with Crippen molar-refractivity contribution in [3.05, 3.63) is 18.0 Å². The van der Waals surface area contributed by atoms with Crippen LogP contribution in [0.1, 0.15) is 46.7 Å². The zero-order chi connectivity index (χ0) is 22.1. The van der Waals surface area contributed by atoms with E-state index in [2.05, 4.69) is 25.3 Å². The van der Waals surface area contributed by atoms with Crippen LogP contribution in [-0.2, 0) is 11.3 Å². The molecule has 10 heteroatoms. The van der Waals surface area contributed by atoms with E-state index in [1.165, 1.54) is 0 Å². The molecule has 0 atom stereocenters. The lowest BCUT2D eigenvalue weighted by Gasteiger charge is -2.36. The van der Waals surface area contributed by atoms with Gasteiger partial charge in [0.2, 0.25) is 0 Å². The van der Waals surface area contributed by atoms with E-state index in [0.717, 1.165) is 57.3 Å². The largest absolute Gasteiger partial charge is 0.444 e. The van der Waals surface area contributed by atoms with E-state index in [1.807, 2.05) is 47.7 Å². The number of nitrogens with one attached hydrogen (secondary N) is 1. The van der Waals surface area contributed by atoms with Gasteiger partial charge in [0.05, 0.1) is 5.69 Å². The SMILES string of the molecule is CN=C(NCCCN(C(=O)OC(C)(C)C)C(C)C)N1CCN(Cc2ccon2)CC1.I. The van der Waals surface area contributed by atoms with Crippen molar-refractivity contribution in [2.75, 3.05) is 46.3 Å². The highest BCUT2D eigenvalue weighted by Crippen LogP contribution is 2.12. The Kier molecular flexibility index (Phi) is 11.6. The first-order chi connectivity index (χ1) is 14.2. The highest BCUT2D eigenvalue weighted by atomic mass is 127.